The molecule has 1 aliphatic heterocycles. The molecule has 0 bridgehead atoms. The van der Waals surface area contributed by atoms with Gasteiger partial charge in [-0.2, -0.15) is 0 Å². The summed E-state index contributed by atoms with van der Waals surface area (Å²) in [6.45, 7) is 0.879. The summed E-state index contributed by atoms with van der Waals surface area (Å²) in [5.41, 5.74) is 0. The molecule has 2 N–H and O–H groups in total. The van der Waals surface area contributed by atoms with Gasteiger partial charge in [0, 0.05) is 19.3 Å². The van der Waals surface area contributed by atoms with E-state index in [0.29, 0.717) is 5.06 Å². The summed E-state index contributed by atoms with van der Waals surface area (Å²) in [4.78, 5) is 73.0. The minimum atomic E-state index is -1.14. The van der Waals surface area contributed by atoms with Crippen molar-refractivity contribution in [3.63, 3.8) is 0 Å². The molecule has 0 spiro atoms. The van der Waals surface area contributed by atoms with E-state index in [1.807, 2.05) is 0 Å². The zero-order valence-electron chi connectivity index (χ0n) is 13.8. The van der Waals surface area contributed by atoms with Gasteiger partial charge in [0.1, 0.15) is 6.04 Å². The highest BCUT2D eigenvalue weighted by molar-refractivity contribution is 6.02. The highest BCUT2D eigenvalue weighted by Gasteiger charge is 2.34. The van der Waals surface area contributed by atoms with E-state index in [1.54, 1.807) is 0 Å². The number of rotatable bonds is 8. The summed E-state index contributed by atoms with van der Waals surface area (Å²) >= 11 is 0. The van der Waals surface area contributed by atoms with Gasteiger partial charge in [-0.1, -0.05) is 0 Å². The van der Waals surface area contributed by atoms with E-state index in [0.717, 1.165) is 0 Å². The van der Waals surface area contributed by atoms with Gasteiger partial charge in [0.15, 0.2) is 0 Å². The molecule has 25 heavy (non-hydrogen) atoms. The Morgan fingerprint density at radius 2 is 1.68 bits per heavy atom. The SMILES string of the molecule is COC(=O)CCC(=O)NCC(=O)N[C@@H](C)C(=O)ON1C(=O)CCC1=O. The molecule has 1 heterocycles. The quantitative estimate of drug-likeness (QED) is 0.380. The Bertz CT molecular complexity index is 573. The molecule has 0 aromatic rings. The Labute approximate surface area is 142 Å². The van der Waals surface area contributed by atoms with Crippen LogP contribution >= 0.6 is 0 Å². The van der Waals surface area contributed by atoms with E-state index >= 15 is 0 Å². The minimum Gasteiger partial charge on any atom is -0.469 e. The second-order valence-electron chi connectivity index (χ2n) is 5.13. The van der Waals surface area contributed by atoms with Crippen LogP contribution in [0.25, 0.3) is 0 Å². The molecule has 0 aromatic carbocycles. The summed E-state index contributed by atoms with van der Waals surface area (Å²) in [7, 11) is 1.19. The third-order valence-electron chi connectivity index (χ3n) is 3.15. The number of methoxy groups -OCH3 is 1. The van der Waals surface area contributed by atoms with Crippen molar-refractivity contribution in [2.24, 2.45) is 0 Å². The average molecular weight is 357 g/mol. The van der Waals surface area contributed by atoms with Crippen LogP contribution in [0.4, 0.5) is 0 Å². The monoisotopic (exact) mass is 357 g/mol. The number of amides is 4. The van der Waals surface area contributed by atoms with E-state index in [9.17, 15) is 28.8 Å². The molecule has 1 saturated heterocycles. The summed E-state index contributed by atoms with van der Waals surface area (Å²) < 4.78 is 4.37. The molecule has 1 atom stereocenters. The van der Waals surface area contributed by atoms with Crippen LogP contribution in [0.3, 0.4) is 0 Å². The molecule has 1 fully saturated rings. The molecular formula is C14H19N3O8. The van der Waals surface area contributed by atoms with E-state index < -0.39 is 48.2 Å². The maximum atomic E-state index is 11.8. The molecule has 0 aliphatic carbocycles. The van der Waals surface area contributed by atoms with Crippen LogP contribution in [0.1, 0.15) is 32.6 Å². The highest BCUT2D eigenvalue weighted by Crippen LogP contribution is 2.12. The van der Waals surface area contributed by atoms with E-state index in [-0.39, 0.29) is 25.7 Å². The number of ether oxygens (including phenoxy) is 1. The van der Waals surface area contributed by atoms with Crippen molar-refractivity contribution in [3.05, 3.63) is 0 Å². The lowest BCUT2D eigenvalue weighted by Crippen LogP contribution is -2.46. The Morgan fingerprint density at radius 1 is 1.08 bits per heavy atom. The predicted octanol–water partition coefficient (Wildman–Crippen LogP) is -1.83. The first-order valence-corrected chi connectivity index (χ1v) is 7.45. The number of esters is 1. The standard InChI is InChI=1S/C14H19N3O8/c1-8(14(23)25-17-11(20)4-5-12(17)21)16-10(19)7-15-9(18)3-6-13(22)24-2/h8H,3-7H2,1-2H3,(H,15,18)(H,16,19)/t8-/m0/s1. The van der Waals surface area contributed by atoms with Crippen molar-refractivity contribution in [2.45, 2.75) is 38.6 Å². The fourth-order valence-electron chi connectivity index (χ4n) is 1.76. The summed E-state index contributed by atoms with van der Waals surface area (Å²) in [5.74, 6) is -4.03. The Morgan fingerprint density at radius 3 is 2.24 bits per heavy atom. The molecule has 0 aromatic heterocycles. The van der Waals surface area contributed by atoms with Crippen LogP contribution in [0, 0.1) is 0 Å². The number of hydrogen-bond donors (Lipinski definition) is 2. The number of nitrogens with zero attached hydrogens (tertiary/aromatic N) is 1. The topological polar surface area (TPSA) is 148 Å². The molecule has 4 amide bonds. The lowest BCUT2D eigenvalue weighted by molar-refractivity contribution is -0.198. The number of nitrogens with one attached hydrogen (secondary N) is 2. The molecule has 0 unspecified atom stereocenters. The first kappa shape index (κ1) is 20.1. The van der Waals surface area contributed by atoms with Crippen LogP contribution in [0.15, 0.2) is 0 Å². The zero-order valence-corrected chi connectivity index (χ0v) is 13.8. The van der Waals surface area contributed by atoms with Gasteiger partial charge in [-0.05, 0) is 6.92 Å². The van der Waals surface area contributed by atoms with Crippen molar-refractivity contribution in [2.75, 3.05) is 13.7 Å². The number of hydrogen-bond acceptors (Lipinski definition) is 8. The van der Waals surface area contributed by atoms with Crippen molar-refractivity contribution in [1.82, 2.24) is 15.7 Å². The van der Waals surface area contributed by atoms with Crippen molar-refractivity contribution in [3.8, 4) is 0 Å². The van der Waals surface area contributed by atoms with Gasteiger partial charge in [-0.3, -0.25) is 24.0 Å². The number of carbonyl (C=O) groups excluding carboxylic acids is 6. The fraction of sp³-hybridized carbons (Fsp3) is 0.571. The van der Waals surface area contributed by atoms with Gasteiger partial charge < -0.3 is 20.2 Å². The van der Waals surface area contributed by atoms with Gasteiger partial charge in [0.05, 0.1) is 20.1 Å². The number of hydroxylamine groups is 2. The molecule has 1 aliphatic rings. The largest absolute Gasteiger partial charge is 0.469 e. The maximum Gasteiger partial charge on any atom is 0.354 e. The molecule has 0 saturated carbocycles. The van der Waals surface area contributed by atoms with Crippen LogP contribution in [-0.4, -0.2) is 60.3 Å². The molecule has 1 rings (SSSR count). The highest BCUT2D eigenvalue weighted by atomic mass is 16.7. The lowest BCUT2D eigenvalue weighted by atomic mass is 10.3. The van der Waals surface area contributed by atoms with E-state index in [1.165, 1.54) is 14.0 Å². The van der Waals surface area contributed by atoms with Gasteiger partial charge in [-0.15, -0.1) is 5.06 Å². The molecule has 0 radical (unpaired) electrons. The Hall–Kier alpha value is -2.98. The summed E-state index contributed by atoms with van der Waals surface area (Å²) in [6, 6.07) is -1.14. The molecule has 11 nitrogen and oxygen atoms in total. The normalized spacial score (nSPS) is 14.7. The average Bonchev–Trinajstić information content (AvgIpc) is 2.89. The van der Waals surface area contributed by atoms with Gasteiger partial charge >= 0.3 is 11.9 Å². The molecule has 138 valence electrons. The maximum absolute atomic E-state index is 11.8. The smallest absolute Gasteiger partial charge is 0.354 e. The molecular weight excluding hydrogens is 338 g/mol. The van der Waals surface area contributed by atoms with Crippen LogP contribution in [-0.2, 0) is 38.3 Å². The lowest BCUT2D eigenvalue weighted by Gasteiger charge is -2.17. The van der Waals surface area contributed by atoms with Gasteiger partial charge in [-0.25, -0.2) is 4.79 Å². The Balaban J connectivity index is 2.32. The first-order valence-electron chi connectivity index (χ1n) is 7.45. The van der Waals surface area contributed by atoms with Crippen molar-refractivity contribution < 1.29 is 38.3 Å². The van der Waals surface area contributed by atoms with Crippen LogP contribution in [0.5, 0.6) is 0 Å². The van der Waals surface area contributed by atoms with E-state index in [4.69, 9.17) is 0 Å². The van der Waals surface area contributed by atoms with Crippen LogP contribution in [0.2, 0.25) is 0 Å². The van der Waals surface area contributed by atoms with Gasteiger partial charge in [0.2, 0.25) is 11.8 Å². The summed E-state index contributed by atoms with van der Waals surface area (Å²) in [5, 5.41) is 4.88. The number of carbonyl (C=O) groups is 6. The Kier molecular flexibility index (Phi) is 7.50. The minimum absolute atomic E-state index is 0.0372. The van der Waals surface area contributed by atoms with Crippen LogP contribution < -0.4 is 10.6 Å². The predicted molar refractivity (Wildman–Crippen MR) is 79.0 cm³/mol. The van der Waals surface area contributed by atoms with Crippen molar-refractivity contribution in [1.29, 1.82) is 0 Å². The van der Waals surface area contributed by atoms with Gasteiger partial charge in [0.25, 0.3) is 11.8 Å². The second-order valence-corrected chi connectivity index (χ2v) is 5.13. The molecule has 11 heteroatoms. The third-order valence-corrected chi connectivity index (χ3v) is 3.15. The van der Waals surface area contributed by atoms with E-state index in [2.05, 4.69) is 20.2 Å². The fourth-order valence-corrected chi connectivity index (χ4v) is 1.76. The number of imide groups is 1. The van der Waals surface area contributed by atoms with Crippen molar-refractivity contribution >= 4 is 35.6 Å². The first-order chi connectivity index (χ1) is 11.7. The zero-order chi connectivity index (χ0) is 19.0. The second kappa shape index (κ2) is 9.35. The third kappa shape index (κ3) is 6.57. The summed E-state index contributed by atoms with van der Waals surface area (Å²) in [6.07, 6.45) is -0.337.